The van der Waals surface area contributed by atoms with Crippen molar-refractivity contribution in [2.45, 2.75) is 25.4 Å². The summed E-state index contributed by atoms with van der Waals surface area (Å²) in [5, 5.41) is 6.23. The predicted octanol–water partition coefficient (Wildman–Crippen LogP) is 2.09. The van der Waals surface area contributed by atoms with Crippen LogP contribution in [0.5, 0.6) is 5.75 Å². The third-order valence-corrected chi connectivity index (χ3v) is 3.86. The van der Waals surface area contributed by atoms with E-state index in [1.165, 1.54) is 6.07 Å². The van der Waals surface area contributed by atoms with Crippen LogP contribution in [0, 0.1) is 11.6 Å². The highest BCUT2D eigenvalue weighted by molar-refractivity contribution is 5.79. The number of ether oxygens (including phenoxy) is 3. The molecule has 1 aliphatic rings. The Bertz CT molecular complexity index is 567. The number of hydrogen-bond donors (Lipinski definition) is 2. The van der Waals surface area contributed by atoms with Crippen LogP contribution >= 0.6 is 0 Å². The Morgan fingerprint density at radius 1 is 1.27 bits per heavy atom. The normalized spacial score (nSPS) is 17.3. The number of aliphatic imine (C=N–C) groups is 1. The smallest absolute Gasteiger partial charge is 0.191 e. The van der Waals surface area contributed by atoms with Crippen LogP contribution in [0.1, 0.15) is 19.3 Å². The van der Waals surface area contributed by atoms with Crippen LogP contribution in [-0.2, 0) is 9.47 Å². The van der Waals surface area contributed by atoms with Gasteiger partial charge in [-0.05, 0) is 31.4 Å². The molecule has 0 spiro atoms. The van der Waals surface area contributed by atoms with Gasteiger partial charge >= 0.3 is 0 Å². The van der Waals surface area contributed by atoms with Gasteiger partial charge in [-0.3, -0.25) is 4.99 Å². The van der Waals surface area contributed by atoms with Crippen LogP contribution < -0.4 is 15.4 Å². The van der Waals surface area contributed by atoms with E-state index in [1.807, 2.05) is 0 Å². The minimum Gasteiger partial charge on any atom is -0.489 e. The lowest BCUT2D eigenvalue weighted by Crippen LogP contribution is -2.40. The first kappa shape index (κ1) is 20.4. The van der Waals surface area contributed by atoms with Gasteiger partial charge in [-0.25, -0.2) is 8.78 Å². The van der Waals surface area contributed by atoms with Crippen molar-refractivity contribution in [2.24, 2.45) is 4.99 Å². The van der Waals surface area contributed by atoms with Crippen LogP contribution in [0.25, 0.3) is 0 Å². The highest BCUT2D eigenvalue weighted by Gasteiger charge is 2.14. The summed E-state index contributed by atoms with van der Waals surface area (Å²) in [6.07, 6.45) is 3.31. The molecule has 2 N–H and O–H groups in total. The predicted molar refractivity (Wildman–Crippen MR) is 95.6 cm³/mol. The molecule has 146 valence electrons. The minimum atomic E-state index is -0.712. The molecule has 1 aromatic carbocycles. The molecule has 1 aromatic rings. The molecule has 1 fully saturated rings. The molecule has 1 heterocycles. The Hall–Kier alpha value is -1.93. The van der Waals surface area contributed by atoms with Gasteiger partial charge in [0.05, 0.1) is 19.3 Å². The molecule has 8 heteroatoms. The highest BCUT2D eigenvalue weighted by Crippen LogP contribution is 2.17. The third-order valence-electron chi connectivity index (χ3n) is 3.86. The summed E-state index contributed by atoms with van der Waals surface area (Å²) >= 11 is 0. The first-order valence-corrected chi connectivity index (χ1v) is 8.90. The molecular formula is C18H27F2N3O3. The molecule has 1 unspecified atom stereocenters. The van der Waals surface area contributed by atoms with Crippen LogP contribution in [0.15, 0.2) is 23.2 Å². The molecule has 6 nitrogen and oxygen atoms in total. The number of benzene rings is 1. The molecule has 0 bridgehead atoms. The summed E-state index contributed by atoms with van der Waals surface area (Å²) in [6.45, 7) is 3.55. The van der Waals surface area contributed by atoms with E-state index in [0.29, 0.717) is 25.7 Å². The summed E-state index contributed by atoms with van der Waals surface area (Å²) in [6, 6.07) is 3.23. The lowest BCUT2D eigenvalue weighted by molar-refractivity contribution is 0.0168. The van der Waals surface area contributed by atoms with Gasteiger partial charge in [0.25, 0.3) is 0 Å². The molecule has 0 amide bonds. The van der Waals surface area contributed by atoms with Gasteiger partial charge in [-0.1, -0.05) is 0 Å². The average Bonchev–Trinajstić information content (AvgIpc) is 3.14. The number of hydrogen-bond acceptors (Lipinski definition) is 4. The zero-order valence-corrected chi connectivity index (χ0v) is 15.1. The van der Waals surface area contributed by atoms with Crippen molar-refractivity contribution in [1.29, 1.82) is 0 Å². The Morgan fingerprint density at radius 2 is 2.12 bits per heavy atom. The third kappa shape index (κ3) is 7.53. The summed E-state index contributed by atoms with van der Waals surface area (Å²) in [7, 11) is 1.67. The maximum absolute atomic E-state index is 13.4. The van der Waals surface area contributed by atoms with Gasteiger partial charge in [0.1, 0.15) is 12.4 Å². The maximum Gasteiger partial charge on any atom is 0.191 e. The highest BCUT2D eigenvalue weighted by atomic mass is 19.1. The Balaban J connectivity index is 1.50. The number of nitrogens with zero attached hydrogens (tertiary/aromatic N) is 1. The van der Waals surface area contributed by atoms with Crippen molar-refractivity contribution < 1.29 is 23.0 Å². The van der Waals surface area contributed by atoms with E-state index in [2.05, 4.69) is 15.6 Å². The average molecular weight is 371 g/mol. The van der Waals surface area contributed by atoms with Crippen LogP contribution in [-0.4, -0.2) is 58.6 Å². The summed E-state index contributed by atoms with van der Waals surface area (Å²) in [4.78, 5) is 4.10. The number of nitrogens with one attached hydrogen (secondary N) is 2. The van der Waals surface area contributed by atoms with E-state index >= 15 is 0 Å². The summed E-state index contributed by atoms with van der Waals surface area (Å²) in [5.41, 5.74) is 0. The molecule has 1 saturated heterocycles. The SMILES string of the molecule is CN=C(NCCCOCC1CCCO1)NCCOc1ccc(F)cc1F. The van der Waals surface area contributed by atoms with Gasteiger partial charge in [0, 0.05) is 32.9 Å². The van der Waals surface area contributed by atoms with E-state index in [9.17, 15) is 8.78 Å². The van der Waals surface area contributed by atoms with Crippen LogP contribution in [0.2, 0.25) is 0 Å². The largest absolute Gasteiger partial charge is 0.489 e. The van der Waals surface area contributed by atoms with Crippen molar-refractivity contribution in [3.63, 3.8) is 0 Å². The summed E-state index contributed by atoms with van der Waals surface area (Å²) < 4.78 is 42.6. The second-order valence-electron chi connectivity index (χ2n) is 5.91. The van der Waals surface area contributed by atoms with Gasteiger partial charge in [0.15, 0.2) is 17.5 Å². The topological polar surface area (TPSA) is 64.1 Å². The van der Waals surface area contributed by atoms with Crippen LogP contribution in [0.3, 0.4) is 0 Å². The van der Waals surface area contributed by atoms with Crippen molar-refractivity contribution >= 4 is 5.96 Å². The molecule has 2 rings (SSSR count). The standard InChI is InChI=1S/C18H27F2N3O3/c1-21-18(22-7-3-9-24-13-15-4-2-10-25-15)23-8-11-26-17-6-5-14(19)12-16(17)20/h5-6,12,15H,2-4,7-11,13H2,1H3,(H2,21,22,23). The molecular weight excluding hydrogens is 344 g/mol. The van der Waals surface area contributed by atoms with E-state index < -0.39 is 11.6 Å². The molecule has 0 aliphatic carbocycles. The van der Waals surface area contributed by atoms with Gasteiger partial charge < -0.3 is 24.8 Å². The Labute approximate surface area is 152 Å². The quantitative estimate of drug-likeness (QED) is 0.375. The lowest BCUT2D eigenvalue weighted by Gasteiger charge is -2.13. The number of guanidine groups is 1. The van der Waals surface area contributed by atoms with Gasteiger partial charge in [-0.2, -0.15) is 0 Å². The fraction of sp³-hybridized carbons (Fsp3) is 0.611. The zero-order chi connectivity index (χ0) is 18.6. The molecule has 26 heavy (non-hydrogen) atoms. The lowest BCUT2D eigenvalue weighted by atomic mass is 10.2. The molecule has 0 saturated carbocycles. The molecule has 1 aliphatic heterocycles. The first-order valence-electron chi connectivity index (χ1n) is 8.90. The van der Waals surface area contributed by atoms with E-state index in [4.69, 9.17) is 14.2 Å². The molecule has 1 atom stereocenters. The Kier molecular flexibility index (Phi) is 9.13. The van der Waals surface area contributed by atoms with E-state index in [-0.39, 0.29) is 18.5 Å². The number of halogens is 2. The second kappa shape index (κ2) is 11.6. The first-order chi connectivity index (χ1) is 12.7. The second-order valence-corrected chi connectivity index (χ2v) is 5.91. The van der Waals surface area contributed by atoms with Crippen molar-refractivity contribution in [1.82, 2.24) is 10.6 Å². The summed E-state index contributed by atoms with van der Waals surface area (Å²) in [5.74, 6) is -0.681. The molecule has 0 aromatic heterocycles. The minimum absolute atomic E-state index is 0.0273. The van der Waals surface area contributed by atoms with Crippen LogP contribution in [0.4, 0.5) is 8.78 Å². The maximum atomic E-state index is 13.4. The Morgan fingerprint density at radius 3 is 2.85 bits per heavy atom. The van der Waals surface area contributed by atoms with Gasteiger partial charge in [-0.15, -0.1) is 0 Å². The van der Waals surface area contributed by atoms with E-state index in [0.717, 1.165) is 44.5 Å². The number of rotatable bonds is 10. The van der Waals surface area contributed by atoms with Crippen molar-refractivity contribution in [2.75, 3.05) is 46.6 Å². The van der Waals surface area contributed by atoms with Crippen molar-refractivity contribution in [3.05, 3.63) is 29.8 Å². The van der Waals surface area contributed by atoms with Gasteiger partial charge in [0.2, 0.25) is 0 Å². The molecule has 0 radical (unpaired) electrons. The fourth-order valence-electron chi connectivity index (χ4n) is 2.51. The monoisotopic (exact) mass is 371 g/mol. The van der Waals surface area contributed by atoms with E-state index in [1.54, 1.807) is 7.05 Å². The zero-order valence-electron chi connectivity index (χ0n) is 15.1. The van der Waals surface area contributed by atoms with Crippen molar-refractivity contribution in [3.8, 4) is 5.75 Å². The fourth-order valence-corrected chi connectivity index (χ4v) is 2.51.